The second-order valence-corrected chi connectivity index (χ2v) is 3.52. The summed E-state index contributed by atoms with van der Waals surface area (Å²) in [6, 6.07) is 7.70. The highest BCUT2D eigenvalue weighted by Gasteiger charge is 2.15. The van der Waals surface area contributed by atoms with Crippen molar-refractivity contribution in [3.8, 4) is 0 Å². The summed E-state index contributed by atoms with van der Waals surface area (Å²) in [5.74, 6) is 0. The van der Waals surface area contributed by atoms with Crippen LogP contribution in [-0.2, 0) is 6.54 Å². The molecule has 0 saturated heterocycles. The first-order chi connectivity index (χ1) is 7.84. The number of nitrogens with one attached hydrogen (secondary N) is 1. The number of rotatable bonds is 3. The Morgan fingerprint density at radius 1 is 1.35 bits per heavy atom. The Kier molecular flexibility index (Phi) is 7.21. The Morgan fingerprint density at radius 3 is 2.35 bits per heavy atom. The largest absolute Gasteiger partial charge is 0.403 e. The number of alkyl halides is 3. The monoisotopic (exact) mass is 266 g/mol. The third-order valence-electron chi connectivity index (χ3n) is 1.46. The molecule has 1 rings (SSSR count). The molecular formula is C11H14ClF3N2. The van der Waals surface area contributed by atoms with E-state index in [1.807, 2.05) is 24.3 Å². The van der Waals surface area contributed by atoms with Crippen LogP contribution >= 0.6 is 11.6 Å². The number of hydrogen-bond donors (Lipinski definition) is 2. The molecule has 0 bridgehead atoms. The van der Waals surface area contributed by atoms with Crippen LogP contribution in [0.4, 0.5) is 13.2 Å². The molecule has 0 aliphatic rings. The van der Waals surface area contributed by atoms with Gasteiger partial charge in [0, 0.05) is 30.9 Å². The topological polar surface area (TPSA) is 38.0 Å². The molecule has 2 nitrogen and oxygen atoms in total. The van der Waals surface area contributed by atoms with E-state index in [0.717, 1.165) is 10.6 Å². The zero-order chi connectivity index (χ0) is 13.3. The van der Waals surface area contributed by atoms with E-state index < -0.39 is 6.18 Å². The minimum Gasteiger partial charge on any atom is -0.403 e. The first-order valence-electron chi connectivity index (χ1n) is 4.75. The lowest BCUT2D eigenvalue weighted by Gasteiger charge is -2.02. The Morgan fingerprint density at radius 2 is 1.88 bits per heavy atom. The standard InChI is InChI=1S/C9H11ClN2.C2H3F3/c10-9-4-2-1-3-8(9)7-12-6-5-11;1-2(3,4)5/h1-6,12H,7,11H2;1H3/b6-5-;. The predicted molar refractivity (Wildman–Crippen MR) is 63.3 cm³/mol. The minimum absolute atomic E-state index is 0.188. The fraction of sp³-hybridized carbons (Fsp3) is 0.273. The van der Waals surface area contributed by atoms with Crippen molar-refractivity contribution in [2.45, 2.75) is 19.6 Å². The molecule has 3 N–H and O–H groups in total. The van der Waals surface area contributed by atoms with Crippen LogP contribution in [0.3, 0.4) is 0 Å². The number of nitrogens with two attached hydrogens (primary N) is 1. The van der Waals surface area contributed by atoms with Crippen molar-refractivity contribution < 1.29 is 13.2 Å². The number of halogens is 4. The van der Waals surface area contributed by atoms with E-state index in [2.05, 4.69) is 5.32 Å². The lowest BCUT2D eigenvalue weighted by molar-refractivity contribution is -0.110. The van der Waals surface area contributed by atoms with E-state index in [4.69, 9.17) is 17.3 Å². The summed E-state index contributed by atoms with van der Waals surface area (Å²) in [4.78, 5) is 0. The Labute approximate surface area is 103 Å². The van der Waals surface area contributed by atoms with Crippen LogP contribution in [0.5, 0.6) is 0 Å². The van der Waals surface area contributed by atoms with Crippen LogP contribution in [0.2, 0.25) is 5.02 Å². The maximum absolute atomic E-state index is 10.4. The molecular weight excluding hydrogens is 253 g/mol. The molecule has 6 heteroatoms. The van der Waals surface area contributed by atoms with Crippen molar-refractivity contribution in [2.24, 2.45) is 5.73 Å². The molecule has 0 unspecified atom stereocenters. The zero-order valence-electron chi connectivity index (χ0n) is 9.26. The molecule has 0 radical (unpaired) electrons. The van der Waals surface area contributed by atoms with Gasteiger partial charge in [0.25, 0.3) is 0 Å². The van der Waals surface area contributed by atoms with Crippen molar-refractivity contribution in [2.75, 3.05) is 0 Å². The fourth-order valence-electron chi connectivity index (χ4n) is 0.879. The van der Waals surface area contributed by atoms with Crippen molar-refractivity contribution in [3.63, 3.8) is 0 Å². The molecule has 0 aromatic heterocycles. The Hall–Kier alpha value is -1.36. The van der Waals surface area contributed by atoms with Crippen LogP contribution in [0.15, 0.2) is 36.7 Å². The second-order valence-electron chi connectivity index (χ2n) is 3.11. The summed E-state index contributed by atoms with van der Waals surface area (Å²) in [5, 5.41) is 3.78. The van der Waals surface area contributed by atoms with Gasteiger partial charge in [0.1, 0.15) is 0 Å². The van der Waals surface area contributed by atoms with E-state index in [9.17, 15) is 13.2 Å². The average Bonchev–Trinajstić information content (AvgIpc) is 2.19. The van der Waals surface area contributed by atoms with Gasteiger partial charge in [-0.25, -0.2) is 0 Å². The highest BCUT2D eigenvalue weighted by molar-refractivity contribution is 6.31. The van der Waals surface area contributed by atoms with Crippen LogP contribution in [0.25, 0.3) is 0 Å². The summed E-state index contributed by atoms with van der Waals surface area (Å²) in [6.45, 7) is 0.889. The van der Waals surface area contributed by atoms with E-state index in [-0.39, 0.29) is 6.92 Å². The molecule has 0 fully saturated rings. The van der Waals surface area contributed by atoms with Crippen LogP contribution < -0.4 is 11.1 Å². The smallest absolute Gasteiger partial charge is 0.386 e. The summed E-state index contributed by atoms with van der Waals surface area (Å²) >= 11 is 5.91. The molecule has 1 aromatic carbocycles. The van der Waals surface area contributed by atoms with E-state index in [1.54, 1.807) is 6.20 Å². The van der Waals surface area contributed by atoms with Crippen molar-refractivity contribution >= 4 is 11.6 Å². The molecule has 0 amide bonds. The Bertz CT molecular complexity index is 345. The molecule has 0 saturated carbocycles. The molecule has 1 aromatic rings. The molecule has 0 aliphatic carbocycles. The normalized spacial score (nSPS) is 10.9. The molecule has 96 valence electrons. The van der Waals surface area contributed by atoms with E-state index >= 15 is 0 Å². The van der Waals surface area contributed by atoms with Gasteiger partial charge in [0.05, 0.1) is 0 Å². The first kappa shape index (κ1) is 15.6. The van der Waals surface area contributed by atoms with Gasteiger partial charge in [-0.2, -0.15) is 13.2 Å². The van der Waals surface area contributed by atoms with Gasteiger partial charge in [-0.3, -0.25) is 0 Å². The lowest BCUT2D eigenvalue weighted by Crippen LogP contribution is -2.05. The molecule has 0 spiro atoms. The minimum atomic E-state index is -4.00. The van der Waals surface area contributed by atoms with E-state index in [1.165, 1.54) is 6.20 Å². The molecule has 0 atom stereocenters. The first-order valence-corrected chi connectivity index (χ1v) is 5.12. The van der Waals surface area contributed by atoms with Gasteiger partial charge in [-0.15, -0.1) is 0 Å². The van der Waals surface area contributed by atoms with Crippen molar-refractivity contribution in [1.29, 1.82) is 0 Å². The Balaban J connectivity index is 0.000000437. The molecule has 0 heterocycles. The van der Waals surface area contributed by atoms with Gasteiger partial charge in [-0.1, -0.05) is 29.8 Å². The van der Waals surface area contributed by atoms with Gasteiger partial charge in [0.15, 0.2) is 0 Å². The van der Waals surface area contributed by atoms with Crippen molar-refractivity contribution in [3.05, 3.63) is 47.3 Å². The van der Waals surface area contributed by atoms with Crippen LogP contribution in [0, 0.1) is 0 Å². The molecule has 0 aliphatic heterocycles. The highest BCUT2D eigenvalue weighted by atomic mass is 35.5. The van der Waals surface area contributed by atoms with Gasteiger partial charge >= 0.3 is 6.18 Å². The van der Waals surface area contributed by atoms with Gasteiger partial charge in [-0.05, 0) is 11.6 Å². The van der Waals surface area contributed by atoms with Crippen molar-refractivity contribution in [1.82, 2.24) is 5.32 Å². The van der Waals surface area contributed by atoms with E-state index in [0.29, 0.717) is 6.54 Å². The predicted octanol–water partition coefficient (Wildman–Crippen LogP) is 3.43. The summed E-state index contributed by atoms with van der Waals surface area (Å²) in [7, 11) is 0. The second kappa shape index (κ2) is 7.84. The maximum Gasteiger partial charge on any atom is 0.386 e. The number of benzene rings is 1. The fourth-order valence-corrected chi connectivity index (χ4v) is 1.08. The SMILES string of the molecule is CC(F)(F)F.N/C=C\NCc1ccccc1Cl. The maximum atomic E-state index is 10.4. The van der Waals surface area contributed by atoms with Gasteiger partial charge in [0.2, 0.25) is 0 Å². The van der Waals surface area contributed by atoms with Crippen LogP contribution in [0.1, 0.15) is 12.5 Å². The average molecular weight is 267 g/mol. The van der Waals surface area contributed by atoms with Gasteiger partial charge < -0.3 is 11.1 Å². The third kappa shape index (κ3) is 10.9. The molecule has 17 heavy (non-hydrogen) atoms. The zero-order valence-corrected chi connectivity index (χ0v) is 10.0. The summed E-state index contributed by atoms with van der Waals surface area (Å²) in [5.41, 5.74) is 6.22. The summed E-state index contributed by atoms with van der Waals surface area (Å²) < 4.78 is 31.1. The third-order valence-corrected chi connectivity index (χ3v) is 1.83. The van der Waals surface area contributed by atoms with Crippen LogP contribution in [-0.4, -0.2) is 6.18 Å². The number of hydrogen-bond acceptors (Lipinski definition) is 2. The quantitative estimate of drug-likeness (QED) is 0.880. The highest BCUT2D eigenvalue weighted by Crippen LogP contribution is 2.14. The lowest BCUT2D eigenvalue weighted by atomic mass is 10.2. The summed E-state index contributed by atoms with van der Waals surface area (Å²) in [6.07, 6.45) is -0.861.